The van der Waals surface area contributed by atoms with Gasteiger partial charge in [0, 0.05) is 0 Å². The molecule has 0 spiro atoms. The molecule has 1 fully saturated rings. The first-order valence-electron chi connectivity index (χ1n) is 10.3. The van der Waals surface area contributed by atoms with Crippen molar-refractivity contribution >= 4 is 46.6 Å². The fourth-order valence-electron chi connectivity index (χ4n) is 3.42. The molecule has 5 nitrogen and oxygen atoms in total. The molecule has 0 radical (unpaired) electrons. The van der Waals surface area contributed by atoms with E-state index in [0.717, 1.165) is 5.75 Å². The van der Waals surface area contributed by atoms with Gasteiger partial charge in [0.05, 0.1) is 17.5 Å². The summed E-state index contributed by atoms with van der Waals surface area (Å²) in [5, 5.41) is 0.121. The molecule has 3 aromatic carbocycles. The van der Waals surface area contributed by atoms with Crippen LogP contribution in [0.25, 0.3) is 6.08 Å². The second-order valence-corrected chi connectivity index (χ2v) is 7.89. The van der Waals surface area contributed by atoms with Crippen LogP contribution in [-0.4, -0.2) is 23.0 Å². The van der Waals surface area contributed by atoms with E-state index in [1.165, 1.54) is 9.80 Å². The van der Waals surface area contributed by atoms with Crippen molar-refractivity contribution in [3.8, 4) is 5.75 Å². The fraction of sp³-hybridized carbons (Fsp3) is 0.115. The number of benzene rings is 3. The summed E-state index contributed by atoms with van der Waals surface area (Å²) in [5.41, 5.74) is 1.94. The van der Waals surface area contributed by atoms with E-state index in [0.29, 0.717) is 16.9 Å². The number of para-hydroxylation sites is 2. The van der Waals surface area contributed by atoms with Crippen LogP contribution in [-0.2, 0) is 9.59 Å². The summed E-state index contributed by atoms with van der Waals surface area (Å²) in [6.07, 6.45) is 1.65. The number of carbonyl (C=O) groups is 2. The van der Waals surface area contributed by atoms with Crippen molar-refractivity contribution in [2.45, 2.75) is 20.0 Å². The van der Waals surface area contributed by atoms with Crippen molar-refractivity contribution in [2.75, 3.05) is 9.80 Å². The van der Waals surface area contributed by atoms with E-state index in [1.807, 2.05) is 74.5 Å². The minimum atomic E-state index is -0.458. The normalized spacial score (nSPS) is 14.2. The smallest absolute Gasteiger partial charge is 0.270 e. The van der Waals surface area contributed by atoms with E-state index >= 15 is 0 Å². The van der Waals surface area contributed by atoms with Gasteiger partial charge in [-0.1, -0.05) is 48.5 Å². The quantitative estimate of drug-likeness (QED) is 0.309. The van der Waals surface area contributed by atoms with Gasteiger partial charge in [0.2, 0.25) is 0 Å². The van der Waals surface area contributed by atoms with Gasteiger partial charge >= 0.3 is 0 Å². The Kier molecular flexibility index (Phi) is 6.14. The molecule has 2 amide bonds. The molecule has 0 atom stereocenters. The molecule has 1 aliphatic heterocycles. The Labute approximate surface area is 192 Å². The van der Waals surface area contributed by atoms with E-state index in [-0.39, 0.29) is 16.8 Å². The number of ether oxygens (including phenoxy) is 1. The highest BCUT2D eigenvalue weighted by Crippen LogP contribution is 2.30. The number of thiocarbonyl (C=S) groups is 1. The highest BCUT2D eigenvalue weighted by Gasteiger charge is 2.41. The second kappa shape index (κ2) is 9.16. The highest BCUT2D eigenvalue weighted by molar-refractivity contribution is 7.81. The lowest BCUT2D eigenvalue weighted by atomic mass is 10.0. The van der Waals surface area contributed by atoms with Crippen LogP contribution in [0.4, 0.5) is 11.4 Å². The zero-order chi connectivity index (χ0) is 22.7. The molecular formula is C26H22N2O3S. The van der Waals surface area contributed by atoms with Crippen LogP contribution in [0.3, 0.4) is 0 Å². The zero-order valence-corrected chi connectivity index (χ0v) is 18.6. The van der Waals surface area contributed by atoms with Gasteiger partial charge in [0.25, 0.3) is 11.8 Å². The molecule has 6 heteroatoms. The molecule has 1 saturated heterocycles. The average Bonchev–Trinajstić information content (AvgIpc) is 2.79. The van der Waals surface area contributed by atoms with Gasteiger partial charge in [-0.05, 0) is 74.1 Å². The van der Waals surface area contributed by atoms with Gasteiger partial charge in [0.1, 0.15) is 11.3 Å². The summed E-state index contributed by atoms with van der Waals surface area (Å²) in [7, 11) is 0. The van der Waals surface area contributed by atoms with Gasteiger partial charge in [-0.15, -0.1) is 0 Å². The first-order valence-corrected chi connectivity index (χ1v) is 10.7. The Balaban J connectivity index is 1.78. The largest absolute Gasteiger partial charge is 0.491 e. The molecule has 3 aromatic rings. The predicted molar refractivity (Wildman–Crippen MR) is 131 cm³/mol. The van der Waals surface area contributed by atoms with Crippen LogP contribution in [0.5, 0.6) is 5.75 Å². The summed E-state index contributed by atoms with van der Waals surface area (Å²) >= 11 is 5.61. The van der Waals surface area contributed by atoms with Crippen LogP contribution >= 0.6 is 12.2 Å². The molecular weight excluding hydrogens is 420 g/mol. The number of carbonyl (C=O) groups excluding carboxylic acids is 2. The summed E-state index contributed by atoms with van der Waals surface area (Å²) in [6.45, 7) is 3.91. The number of anilines is 2. The molecule has 0 aromatic heterocycles. The molecule has 4 rings (SSSR count). The van der Waals surface area contributed by atoms with Gasteiger partial charge < -0.3 is 4.74 Å². The highest BCUT2D eigenvalue weighted by atomic mass is 32.1. The number of nitrogens with zero attached hydrogens (tertiary/aromatic N) is 2. The third-order valence-corrected chi connectivity index (χ3v) is 5.21. The van der Waals surface area contributed by atoms with E-state index in [4.69, 9.17) is 17.0 Å². The molecule has 32 heavy (non-hydrogen) atoms. The third-order valence-electron chi connectivity index (χ3n) is 4.84. The molecule has 1 aliphatic rings. The van der Waals surface area contributed by atoms with Crippen LogP contribution in [0.1, 0.15) is 19.4 Å². The minimum Gasteiger partial charge on any atom is -0.491 e. The van der Waals surface area contributed by atoms with Crippen molar-refractivity contribution in [3.63, 3.8) is 0 Å². The van der Waals surface area contributed by atoms with Crippen LogP contribution in [0, 0.1) is 0 Å². The van der Waals surface area contributed by atoms with E-state index < -0.39 is 11.8 Å². The molecule has 0 saturated carbocycles. The van der Waals surface area contributed by atoms with Gasteiger partial charge in [-0.25, -0.2) is 0 Å². The van der Waals surface area contributed by atoms with Crippen LogP contribution < -0.4 is 14.5 Å². The van der Waals surface area contributed by atoms with E-state index in [9.17, 15) is 9.59 Å². The van der Waals surface area contributed by atoms with E-state index in [2.05, 4.69) is 0 Å². The van der Waals surface area contributed by atoms with Crippen LogP contribution in [0.2, 0.25) is 0 Å². The Hall–Kier alpha value is -3.77. The molecule has 0 aliphatic carbocycles. The number of rotatable bonds is 5. The Morgan fingerprint density at radius 2 is 1.22 bits per heavy atom. The molecule has 0 N–H and O–H groups in total. The Morgan fingerprint density at radius 3 is 1.66 bits per heavy atom. The summed E-state index contributed by atoms with van der Waals surface area (Å²) in [6, 6.07) is 25.5. The first kappa shape index (κ1) is 21.5. The van der Waals surface area contributed by atoms with Crippen LogP contribution in [0.15, 0.2) is 90.5 Å². The molecule has 160 valence electrons. The number of hydrogen-bond acceptors (Lipinski definition) is 4. The summed E-state index contributed by atoms with van der Waals surface area (Å²) in [5.74, 6) is -0.191. The lowest BCUT2D eigenvalue weighted by Crippen LogP contribution is -2.56. The SMILES string of the molecule is CC(C)Oc1ccc(C=C2C(=O)N(c3ccccc3)C(=S)N(c3ccccc3)C2=O)cc1. The first-order chi connectivity index (χ1) is 15.5. The standard InChI is InChI=1S/C26H22N2O3S/c1-18(2)31-22-15-13-19(14-16-22)17-23-24(29)27(20-9-5-3-6-10-20)26(32)28(25(23)30)21-11-7-4-8-12-21/h3-18H,1-2H3. The fourth-order valence-corrected chi connectivity index (χ4v) is 3.80. The minimum absolute atomic E-state index is 0.0313. The topological polar surface area (TPSA) is 49.9 Å². The van der Waals surface area contributed by atoms with Crippen molar-refractivity contribution in [3.05, 3.63) is 96.1 Å². The summed E-state index contributed by atoms with van der Waals surface area (Å²) < 4.78 is 5.68. The lowest BCUT2D eigenvalue weighted by molar-refractivity contribution is -0.120. The number of hydrogen-bond donors (Lipinski definition) is 0. The van der Waals surface area contributed by atoms with Crippen molar-refractivity contribution < 1.29 is 14.3 Å². The summed E-state index contributed by atoms with van der Waals surface area (Å²) in [4.78, 5) is 29.7. The Morgan fingerprint density at radius 1 is 0.750 bits per heavy atom. The molecule has 1 heterocycles. The van der Waals surface area contributed by atoms with Gasteiger partial charge in [-0.3, -0.25) is 19.4 Å². The molecule has 0 bridgehead atoms. The maximum absolute atomic E-state index is 13.4. The van der Waals surface area contributed by atoms with Crippen molar-refractivity contribution in [1.29, 1.82) is 0 Å². The maximum atomic E-state index is 13.4. The maximum Gasteiger partial charge on any atom is 0.270 e. The lowest BCUT2D eigenvalue weighted by Gasteiger charge is -2.36. The Bertz CT molecular complexity index is 1110. The average molecular weight is 443 g/mol. The second-order valence-electron chi connectivity index (χ2n) is 7.53. The van der Waals surface area contributed by atoms with Crippen molar-refractivity contribution in [2.24, 2.45) is 0 Å². The van der Waals surface area contributed by atoms with Gasteiger partial charge in [0.15, 0.2) is 5.11 Å². The van der Waals surface area contributed by atoms with Gasteiger partial charge in [-0.2, -0.15) is 0 Å². The monoisotopic (exact) mass is 442 g/mol. The predicted octanol–water partition coefficient (Wildman–Crippen LogP) is 5.22. The molecule has 0 unspecified atom stereocenters. The van der Waals surface area contributed by atoms with E-state index in [1.54, 1.807) is 30.3 Å². The number of amides is 2. The zero-order valence-electron chi connectivity index (χ0n) is 17.8. The third kappa shape index (κ3) is 4.31. The van der Waals surface area contributed by atoms with Crippen molar-refractivity contribution in [1.82, 2.24) is 0 Å².